The fourth-order valence-electron chi connectivity index (χ4n) is 1.97. The van der Waals surface area contributed by atoms with E-state index in [0.29, 0.717) is 17.9 Å². The largest absolute Gasteiger partial charge is 0.380 e. The highest BCUT2D eigenvalue weighted by Crippen LogP contribution is 2.16. The summed E-state index contributed by atoms with van der Waals surface area (Å²) in [7, 11) is 1.59. The first-order chi connectivity index (χ1) is 10.1. The van der Waals surface area contributed by atoms with Crippen LogP contribution in [0.4, 0.5) is 5.69 Å². The SMILES string of the molecule is COCc1cccc(C(=O)Nc2ccccc2C(N)=O)c1. The highest BCUT2D eigenvalue weighted by molar-refractivity contribution is 6.08. The lowest BCUT2D eigenvalue weighted by Crippen LogP contribution is -2.18. The summed E-state index contributed by atoms with van der Waals surface area (Å²) < 4.78 is 5.04. The molecule has 0 unspecified atom stereocenters. The van der Waals surface area contributed by atoms with Gasteiger partial charge < -0.3 is 15.8 Å². The van der Waals surface area contributed by atoms with Crippen LogP contribution in [0, 0.1) is 0 Å². The zero-order valence-electron chi connectivity index (χ0n) is 11.6. The van der Waals surface area contributed by atoms with Crippen LogP contribution >= 0.6 is 0 Å². The molecule has 108 valence electrons. The number of para-hydroxylation sites is 1. The van der Waals surface area contributed by atoms with E-state index in [1.54, 1.807) is 49.6 Å². The number of ether oxygens (including phenoxy) is 1. The summed E-state index contributed by atoms with van der Waals surface area (Å²) in [4.78, 5) is 23.6. The van der Waals surface area contributed by atoms with Crippen LogP contribution in [0.5, 0.6) is 0 Å². The number of hydrogen-bond donors (Lipinski definition) is 2. The van der Waals surface area contributed by atoms with E-state index in [-0.39, 0.29) is 11.5 Å². The van der Waals surface area contributed by atoms with Crippen molar-refractivity contribution in [3.63, 3.8) is 0 Å². The lowest BCUT2D eigenvalue weighted by atomic mass is 10.1. The van der Waals surface area contributed by atoms with Crippen LogP contribution < -0.4 is 11.1 Å². The number of primary amides is 1. The molecule has 0 aliphatic heterocycles. The molecule has 0 heterocycles. The molecule has 0 aliphatic carbocycles. The van der Waals surface area contributed by atoms with Crippen molar-refractivity contribution in [2.75, 3.05) is 12.4 Å². The van der Waals surface area contributed by atoms with Crippen molar-refractivity contribution in [2.45, 2.75) is 6.61 Å². The molecule has 0 saturated carbocycles. The number of anilines is 1. The first-order valence-electron chi connectivity index (χ1n) is 6.40. The average Bonchev–Trinajstić information content (AvgIpc) is 2.48. The molecule has 0 fully saturated rings. The molecular formula is C16H16N2O3. The lowest BCUT2D eigenvalue weighted by molar-refractivity contribution is 0.100. The third kappa shape index (κ3) is 3.67. The molecule has 0 atom stereocenters. The van der Waals surface area contributed by atoms with E-state index in [2.05, 4.69) is 5.32 Å². The number of amides is 2. The Morgan fingerprint density at radius 1 is 1.14 bits per heavy atom. The minimum atomic E-state index is -0.584. The lowest BCUT2D eigenvalue weighted by Gasteiger charge is -2.09. The normalized spacial score (nSPS) is 10.1. The molecule has 0 aliphatic rings. The Balaban J connectivity index is 2.22. The number of methoxy groups -OCH3 is 1. The van der Waals surface area contributed by atoms with E-state index in [4.69, 9.17) is 10.5 Å². The number of nitrogens with one attached hydrogen (secondary N) is 1. The van der Waals surface area contributed by atoms with E-state index in [1.807, 2.05) is 6.07 Å². The quantitative estimate of drug-likeness (QED) is 0.883. The smallest absolute Gasteiger partial charge is 0.255 e. The maximum atomic E-state index is 12.2. The molecule has 0 saturated heterocycles. The molecule has 2 aromatic rings. The van der Waals surface area contributed by atoms with E-state index in [1.165, 1.54) is 0 Å². The maximum absolute atomic E-state index is 12.2. The number of hydrogen-bond acceptors (Lipinski definition) is 3. The molecule has 0 radical (unpaired) electrons. The highest BCUT2D eigenvalue weighted by Gasteiger charge is 2.12. The Hall–Kier alpha value is -2.66. The molecule has 2 aromatic carbocycles. The van der Waals surface area contributed by atoms with Gasteiger partial charge in [0.25, 0.3) is 11.8 Å². The summed E-state index contributed by atoms with van der Waals surface area (Å²) in [6.07, 6.45) is 0. The highest BCUT2D eigenvalue weighted by atomic mass is 16.5. The van der Waals surface area contributed by atoms with E-state index in [9.17, 15) is 9.59 Å². The average molecular weight is 284 g/mol. The molecular weight excluding hydrogens is 268 g/mol. The molecule has 5 heteroatoms. The van der Waals surface area contributed by atoms with Crippen molar-refractivity contribution in [1.29, 1.82) is 0 Å². The van der Waals surface area contributed by atoms with Gasteiger partial charge in [-0.25, -0.2) is 0 Å². The number of benzene rings is 2. The second-order valence-corrected chi connectivity index (χ2v) is 4.50. The second-order valence-electron chi connectivity index (χ2n) is 4.50. The van der Waals surface area contributed by atoms with Crippen LogP contribution in [0.2, 0.25) is 0 Å². The number of nitrogens with two attached hydrogens (primary N) is 1. The van der Waals surface area contributed by atoms with Crippen LogP contribution in [0.3, 0.4) is 0 Å². The minimum Gasteiger partial charge on any atom is -0.380 e. The maximum Gasteiger partial charge on any atom is 0.255 e. The fraction of sp³-hybridized carbons (Fsp3) is 0.125. The van der Waals surface area contributed by atoms with Gasteiger partial charge in [0, 0.05) is 12.7 Å². The van der Waals surface area contributed by atoms with Crippen LogP contribution in [0.1, 0.15) is 26.3 Å². The summed E-state index contributed by atoms with van der Waals surface area (Å²) in [5.41, 5.74) is 7.34. The van der Waals surface area contributed by atoms with Gasteiger partial charge in [0.1, 0.15) is 0 Å². The van der Waals surface area contributed by atoms with Crippen molar-refractivity contribution < 1.29 is 14.3 Å². The minimum absolute atomic E-state index is 0.277. The van der Waals surface area contributed by atoms with Gasteiger partial charge in [0.2, 0.25) is 0 Å². The molecule has 3 N–H and O–H groups in total. The zero-order chi connectivity index (χ0) is 15.2. The zero-order valence-corrected chi connectivity index (χ0v) is 11.6. The Bertz CT molecular complexity index is 668. The Morgan fingerprint density at radius 3 is 2.62 bits per heavy atom. The molecule has 0 bridgehead atoms. The topological polar surface area (TPSA) is 81.4 Å². The van der Waals surface area contributed by atoms with Crippen molar-refractivity contribution in [3.05, 3.63) is 65.2 Å². The third-order valence-corrected chi connectivity index (χ3v) is 2.94. The van der Waals surface area contributed by atoms with Gasteiger partial charge in [-0.3, -0.25) is 9.59 Å². The van der Waals surface area contributed by atoms with Gasteiger partial charge in [0.15, 0.2) is 0 Å². The second kappa shape index (κ2) is 6.67. The molecule has 2 rings (SSSR count). The van der Waals surface area contributed by atoms with Gasteiger partial charge in [-0.05, 0) is 29.8 Å². The van der Waals surface area contributed by atoms with Gasteiger partial charge in [-0.1, -0.05) is 24.3 Å². The third-order valence-electron chi connectivity index (χ3n) is 2.94. The summed E-state index contributed by atoms with van der Waals surface area (Å²) in [6.45, 7) is 0.430. The predicted octanol–water partition coefficient (Wildman–Crippen LogP) is 2.18. The summed E-state index contributed by atoms with van der Waals surface area (Å²) in [5.74, 6) is -0.888. The fourth-order valence-corrected chi connectivity index (χ4v) is 1.97. The number of carbonyl (C=O) groups excluding carboxylic acids is 2. The van der Waals surface area contributed by atoms with Gasteiger partial charge >= 0.3 is 0 Å². The Labute approximate surface area is 122 Å². The van der Waals surface area contributed by atoms with E-state index < -0.39 is 5.91 Å². The van der Waals surface area contributed by atoms with E-state index in [0.717, 1.165) is 5.56 Å². The van der Waals surface area contributed by atoms with Crippen molar-refractivity contribution >= 4 is 17.5 Å². The Morgan fingerprint density at radius 2 is 1.90 bits per heavy atom. The first kappa shape index (κ1) is 14.7. The number of rotatable bonds is 5. The van der Waals surface area contributed by atoms with Crippen LogP contribution in [0.15, 0.2) is 48.5 Å². The molecule has 0 spiro atoms. The molecule has 2 amide bonds. The summed E-state index contributed by atoms with van der Waals surface area (Å²) >= 11 is 0. The molecule has 5 nitrogen and oxygen atoms in total. The first-order valence-corrected chi connectivity index (χ1v) is 6.40. The van der Waals surface area contributed by atoms with Crippen LogP contribution in [-0.4, -0.2) is 18.9 Å². The summed E-state index contributed by atoms with van der Waals surface area (Å²) in [5, 5.41) is 2.70. The molecule has 21 heavy (non-hydrogen) atoms. The van der Waals surface area contributed by atoms with Gasteiger partial charge in [-0.15, -0.1) is 0 Å². The predicted molar refractivity (Wildman–Crippen MR) is 80.1 cm³/mol. The monoisotopic (exact) mass is 284 g/mol. The van der Waals surface area contributed by atoms with Gasteiger partial charge in [-0.2, -0.15) is 0 Å². The van der Waals surface area contributed by atoms with Crippen molar-refractivity contribution in [2.24, 2.45) is 5.73 Å². The van der Waals surface area contributed by atoms with Crippen LogP contribution in [-0.2, 0) is 11.3 Å². The van der Waals surface area contributed by atoms with Crippen molar-refractivity contribution in [3.8, 4) is 0 Å². The standard InChI is InChI=1S/C16H16N2O3/c1-21-10-11-5-4-6-12(9-11)16(20)18-14-8-3-2-7-13(14)15(17)19/h2-9H,10H2,1H3,(H2,17,19)(H,18,20). The summed E-state index contributed by atoms with van der Waals surface area (Å²) in [6, 6.07) is 13.7. The van der Waals surface area contributed by atoms with Crippen molar-refractivity contribution in [1.82, 2.24) is 0 Å². The molecule has 0 aromatic heterocycles. The number of carbonyl (C=O) groups is 2. The Kier molecular flexibility index (Phi) is 4.68. The van der Waals surface area contributed by atoms with Crippen LogP contribution in [0.25, 0.3) is 0 Å². The van der Waals surface area contributed by atoms with Gasteiger partial charge in [0.05, 0.1) is 17.9 Å². The van der Waals surface area contributed by atoms with E-state index >= 15 is 0 Å².